The third-order valence-corrected chi connectivity index (χ3v) is 2.46. The number of nitrogens with zero attached hydrogens (tertiary/aromatic N) is 1. The number of hydrogen-bond donors (Lipinski definition) is 3. The number of anilines is 1. The van der Waals surface area contributed by atoms with Gasteiger partial charge in [0.05, 0.1) is 18.5 Å². The Balaban J connectivity index is 2.39. The molecule has 3 N–H and O–H groups in total. The zero-order valence-electron chi connectivity index (χ0n) is 11.5. The summed E-state index contributed by atoms with van der Waals surface area (Å²) in [7, 11) is 0. The van der Waals surface area contributed by atoms with Crippen molar-refractivity contribution in [2.24, 2.45) is 0 Å². The molecule has 0 aliphatic carbocycles. The van der Waals surface area contributed by atoms with Gasteiger partial charge in [-0.2, -0.15) is 0 Å². The smallest absolute Gasteiger partial charge is 0.319 e. The Morgan fingerprint density at radius 1 is 1.45 bits per heavy atom. The Bertz CT molecular complexity index is 447. The van der Waals surface area contributed by atoms with E-state index < -0.39 is 12.0 Å². The molecule has 1 unspecified atom stereocenters. The van der Waals surface area contributed by atoms with Crippen LogP contribution < -0.4 is 15.4 Å². The molecule has 0 radical (unpaired) electrons. The fourth-order valence-corrected chi connectivity index (χ4v) is 1.49. The number of amides is 2. The van der Waals surface area contributed by atoms with Crippen LogP contribution in [0.5, 0.6) is 5.88 Å². The van der Waals surface area contributed by atoms with Gasteiger partial charge in [0.1, 0.15) is 0 Å². The number of rotatable bonds is 7. The molecule has 1 rings (SSSR count). The molecule has 20 heavy (non-hydrogen) atoms. The third kappa shape index (κ3) is 6.03. The third-order valence-electron chi connectivity index (χ3n) is 2.46. The second-order valence-corrected chi connectivity index (χ2v) is 4.25. The van der Waals surface area contributed by atoms with Crippen LogP contribution in [0.15, 0.2) is 18.3 Å². The standard InChI is InChI=1S/C13H19N3O4/c1-3-20-11-6-5-10(8-14-11)16-13(19)15-9(2)4-7-12(17)18/h5-6,8-9H,3-4,7H2,1-2H3,(H,17,18)(H2,15,16,19). The van der Waals surface area contributed by atoms with Gasteiger partial charge < -0.3 is 20.5 Å². The van der Waals surface area contributed by atoms with Crippen molar-refractivity contribution in [1.29, 1.82) is 0 Å². The summed E-state index contributed by atoms with van der Waals surface area (Å²) in [5, 5.41) is 13.8. The van der Waals surface area contributed by atoms with Gasteiger partial charge in [0.2, 0.25) is 5.88 Å². The second-order valence-electron chi connectivity index (χ2n) is 4.25. The zero-order chi connectivity index (χ0) is 15.0. The molecular weight excluding hydrogens is 262 g/mol. The van der Waals surface area contributed by atoms with Gasteiger partial charge in [0.25, 0.3) is 0 Å². The first-order chi connectivity index (χ1) is 9.51. The van der Waals surface area contributed by atoms with Crippen LogP contribution in [-0.2, 0) is 4.79 Å². The summed E-state index contributed by atoms with van der Waals surface area (Å²) in [5.74, 6) is -0.386. The van der Waals surface area contributed by atoms with Gasteiger partial charge in [0, 0.05) is 18.5 Å². The first kappa shape index (κ1) is 15.7. The topological polar surface area (TPSA) is 101 Å². The number of aromatic nitrogens is 1. The van der Waals surface area contributed by atoms with Crippen LogP contribution in [0.25, 0.3) is 0 Å². The summed E-state index contributed by atoms with van der Waals surface area (Å²) < 4.78 is 5.19. The van der Waals surface area contributed by atoms with Crippen molar-refractivity contribution in [1.82, 2.24) is 10.3 Å². The maximum Gasteiger partial charge on any atom is 0.319 e. The molecule has 1 aromatic rings. The highest BCUT2D eigenvalue weighted by Crippen LogP contribution is 2.11. The average Bonchev–Trinajstić information content (AvgIpc) is 2.39. The summed E-state index contributed by atoms with van der Waals surface area (Å²) >= 11 is 0. The van der Waals surface area contributed by atoms with Crippen molar-refractivity contribution >= 4 is 17.7 Å². The number of urea groups is 1. The summed E-state index contributed by atoms with van der Waals surface area (Å²) in [6, 6.07) is 2.72. The van der Waals surface area contributed by atoms with Gasteiger partial charge in [-0.05, 0) is 26.3 Å². The maximum atomic E-state index is 11.6. The molecular formula is C13H19N3O4. The molecule has 1 aromatic heterocycles. The molecule has 1 heterocycles. The molecule has 7 heteroatoms. The molecule has 0 aromatic carbocycles. The van der Waals surface area contributed by atoms with E-state index in [0.717, 1.165) is 0 Å². The molecule has 0 fully saturated rings. The van der Waals surface area contributed by atoms with E-state index >= 15 is 0 Å². The number of carboxylic acid groups (broad SMARTS) is 1. The fourth-order valence-electron chi connectivity index (χ4n) is 1.49. The molecule has 0 bridgehead atoms. The van der Waals surface area contributed by atoms with Crippen molar-refractivity contribution in [2.75, 3.05) is 11.9 Å². The van der Waals surface area contributed by atoms with Crippen LogP contribution in [0, 0.1) is 0 Å². The lowest BCUT2D eigenvalue weighted by Crippen LogP contribution is -2.36. The van der Waals surface area contributed by atoms with E-state index in [2.05, 4.69) is 15.6 Å². The first-order valence-corrected chi connectivity index (χ1v) is 6.39. The van der Waals surface area contributed by atoms with Crippen LogP contribution in [0.1, 0.15) is 26.7 Å². The van der Waals surface area contributed by atoms with Crippen molar-refractivity contribution in [3.63, 3.8) is 0 Å². The largest absolute Gasteiger partial charge is 0.481 e. The number of hydrogen-bond acceptors (Lipinski definition) is 4. The van der Waals surface area contributed by atoms with Crippen molar-refractivity contribution < 1.29 is 19.4 Å². The highest BCUT2D eigenvalue weighted by molar-refractivity contribution is 5.89. The minimum atomic E-state index is -0.880. The normalized spacial score (nSPS) is 11.5. The highest BCUT2D eigenvalue weighted by atomic mass is 16.5. The molecule has 0 aliphatic heterocycles. The lowest BCUT2D eigenvalue weighted by Gasteiger charge is -2.13. The lowest BCUT2D eigenvalue weighted by atomic mass is 10.2. The molecule has 0 spiro atoms. The number of ether oxygens (including phenoxy) is 1. The van der Waals surface area contributed by atoms with Gasteiger partial charge in [-0.1, -0.05) is 0 Å². The SMILES string of the molecule is CCOc1ccc(NC(=O)NC(C)CCC(=O)O)cn1. The van der Waals surface area contributed by atoms with Crippen molar-refractivity contribution in [3.05, 3.63) is 18.3 Å². The van der Waals surface area contributed by atoms with Crippen LogP contribution in [-0.4, -0.2) is 34.7 Å². The molecule has 0 saturated carbocycles. The summed E-state index contributed by atoms with van der Waals surface area (Å²) in [6.45, 7) is 4.14. The number of aliphatic carboxylic acids is 1. The Morgan fingerprint density at radius 3 is 2.75 bits per heavy atom. The van der Waals surface area contributed by atoms with Crippen molar-refractivity contribution in [2.45, 2.75) is 32.7 Å². The predicted molar refractivity (Wildman–Crippen MR) is 73.9 cm³/mol. The first-order valence-electron chi connectivity index (χ1n) is 6.39. The average molecular weight is 281 g/mol. The highest BCUT2D eigenvalue weighted by Gasteiger charge is 2.09. The minimum absolute atomic E-state index is 0.0199. The van der Waals surface area contributed by atoms with Gasteiger partial charge in [0.15, 0.2) is 0 Å². The Hall–Kier alpha value is -2.31. The zero-order valence-corrected chi connectivity index (χ0v) is 11.5. The number of nitrogens with one attached hydrogen (secondary N) is 2. The lowest BCUT2D eigenvalue weighted by molar-refractivity contribution is -0.137. The van der Waals surface area contributed by atoms with Gasteiger partial charge in [-0.3, -0.25) is 4.79 Å². The van der Waals surface area contributed by atoms with E-state index in [-0.39, 0.29) is 12.5 Å². The Morgan fingerprint density at radius 2 is 2.20 bits per heavy atom. The molecule has 110 valence electrons. The molecule has 7 nitrogen and oxygen atoms in total. The fraction of sp³-hybridized carbons (Fsp3) is 0.462. The summed E-state index contributed by atoms with van der Waals surface area (Å²) in [4.78, 5) is 26.1. The van der Waals surface area contributed by atoms with Gasteiger partial charge in [-0.25, -0.2) is 9.78 Å². The quantitative estimate of drug-likeness (QED) is 0.708. The van der Waals surface area contributed by atoms with Crippen LogP contribution in [0.2, 0.25) is 0 Å². The van der Waals surface area contributed by atoms with Gasteiger partial charge in [-0.15, -0.1) is 0 Å². The molecule has 0 aliphatic rings. The van der Waals surface area contributed by atoms with E-state index in [9.17, 15) is 9.59 Å². The Labute approximate surface area is 117 Å². The predicted octanol–water partition coefficient (Wildman–Crippen LogP) is 1.86. The van der Waals surface area contributed by atoms with E-state index in [0.29, 0.717) is 24.6 Å². The summed E-state index contributed by atoms with van der Waals surface area (Å²) in [5.41, 5.74) is 0.538. The number of carboxylic acids is 1. The second kappa shape index (κ2) is 7.98. The number of carbonyl (C=O) groups excluding carboxylic acids is 1. The molecule has 1 atom stereocenters. The Kier molecular flexibility index (Phi) is 6.28. The maximum absolute atomic E-state index is 11.6. The van der Waals surface area contributed by atoms with E-state index in [1.807, 2.05) is 6.92 Å². The van der Waals surface area contributed by atoms with Crippen LogP contribution in [0.4, 0.5) is 10.5 Å². The van der Waals surface area contributed by atoms with Crippen LogP contribution >= 0.6 is 0 Å². The monoisotopic (exact) mass is 281 g/mol. The van der Waals surface area contributed by atoms with E-state index in [4.69, 9.17) is 9.84 Å². The van der Waals surface area contributed by atoms with E-state index in [1.165, 1.54) is 6.20 Å². The molecule has 0 saturated heterocycles. The van der Waals surface area contributed by atoms with E-state index in [1.54, 1.807) is 19.1 Å². The number of pyridine rings is 1. The van der Waals surface area contributed by atoms with Gasteiger partial charge >= 0.3 is 12.0 Å². The summed E-state index contributed by atoms with van der Waals surface area (Å²) in [6.07, 6.45) is 1.89. The van der Waals surface area contributed by atoms with Crippen molar-refractivity contribution in [3.8, 4) is 5.88 Å². The van der Waals surface area contributed by atoms with Crippen LogP contribution in [0.3, 0.4) is 0 Å². The minimum Gasteiger partial charge on any atom is -0.481 e. The molecule has 2 amide bonds. The number of carbonyl (C=O) groups is 2.